The summed E-state index contributed by atoms with van der Waals surface area (Å²) in [5.74, 6) is 0. The Kier molecular flexibility index (Phi) is 3.00. The number of hydrogen-bond acceptors (Lipinski definition) is 2. The summed E-state index contributed by atoms with van der Waals surface area (Å²) in [6, 6.07) is 1.99. The van der Waals surface area contributed by atoms with Crippen LogP contribution in [0.2, 0.25) is 0 Å². The highest BCUT2D eigenvalue weighted by Gasteiger charge is 2.22. The van der Waals surface area contributed by atoms with Crippen molar-refractivity contribution in [2.45, 2.75) is 13.0 Å². The molecule has 15 heavy (non-hydrogen) atoms. The molecule has 0 N–H and O–H groups in total. The first-order chi connectivity index (χ1) is 7.16. The number of hydrogen-bond donors (Lipinski definition) is 0. The van der Waals surface area contributed by atoms with Crippen molar-refractivity contribution in [3.63, 3.8) is 0 Å². The van der Waals surface area contributed by atoms with Gasteiger partial charge in [0.1, 0.15) is 0 Å². The SMILES string of the molecule is CN1CCCN(Cc2coc(Br)c2)C1=O. The summed E-state index contributed by atoms with van der Waals surface area (Å²) in [6.07, 6.45) is 2.70. The summed E-state index contributed by atoms with van der Waals surface area (Å²) in [5.41, 5.74) is 1.02. The van der Waals surface area contributed by atoms with Crippen LogP contribution in [0.15, 0.2) is 21.4 Å². The van der Waals surface area contributed by atoms with Crippen LogP contribution < -0.4 is 0 Å². The minimum Gasteiger partial charge on any atom is -0.457 e. The monoisotopic (exact) mass is 272 g/mol. The van der Waals surface area contributed by atoms with E-state index in [-0.39, 0.29) is 6.03 Å². The van der Waals surface area contributed by atoms with E-state index in [2.05, 4.69) is 15.9 Å². The molecule has 2 rings (SSSR count). The zero-order valence-electron chi connectivity index (χ0n) is 8.57. The first-order valence-corrected chi connectivity index (χ1v) is 5.69. The molecule has 0 spiro atoms. The van der Waals surface area contributed by atoms with Crippen LogP contribution in [0, 0.1) is 0 Å². The van der Waals surface area contributed by atoms with Gasteiger partial charge in [-0.3, -0.25) is 0 Å². The molecular weight excluding hydrogens is 260 g/mol. The summed E-state index contributed by atoms with van der Waals surface area (Å²) in [4.78, 5) is 15.3. The van der Waals surface area contributed by atoms with E-state index in [9.17, 15) is 4.79 Å². The van der Waals surface area contributed by atoms with Crippen molar-refractivity contribution in [1.29, 1.82) is 0 Å². The maximum atomic E-state index is 11.7. The fraction of sp³-hybridized carbons (Fsp3) is 0.500. The Hall–Kier alpha value is -0.970. The molecule has 0 aliphatic carbocycles. The fourth-order valence-electron chi connectivity index (χ4n) is 1.73. The summed E-state index contributed by atoms with van der Waals surface area (Å²) in [5, 5.41) is 0. The molecule has 5 heteroatoms. The smallest absolute Gasteiger partial charge is 0.320 e. The van der Waals surface area contributed by atoms with E-state index in [4.69, 9.17) is 4.42 Å². The van der Waals surface area contributed by atoms with E-state index in [1.807, 2.05) is 18.0 Å². The molecule has 1 fully saturated rings. The van der Waals surface area contributed by atoms with Crippen molar-refractivity contribution in [3.05, 3.63) is 22.6 Å². The molecule has 2 heterocycles. The molecule has 0 bridgehead atoms. The molecule has 1 aromatic heterocycles. The summed E-state index contributed by atoms with van der Waals surface area (Å²) < 4.78 is 5.84. The van der Waals surface area contributed by atoms with Crippen LogP contribution in [-0.4, -0.2) is 36.0 Å². The first kappa shape index (κ1) is 10.5. The number of nitrogens with zero attached hydrogens (tertiary/aromatic N) is 2. The zero-order chi connectivity index (χ0) is 10.8. The number of carbonyl (C=O) groups excluding carboxylic acids is 1. The van der Waals surface area contributed by atoms with E-state index in [1.165, 1.54) is 0 Å². The number of rotatable bonds is 2. The van der Waals surface area contributed by atoms with Gasteiger partial charge in [0.25, 0.3) is 0 Å². The Bertz CT molecular complexity index is 364. The van der Waals surface area contributed by atoms with E-state index in [0.717, 1.165) is 25.1 Å². The Balaban J connectivity index is 2.02. The molecular formula is C10H13BrN2O2. The van der Waals surface area contributed by atoms with Crippen LogP contribution in [0.1, 0.15) is 12.0 Å². The molecule has 1 aliphatic heterocycles. The maximum Gasteiger partial charge on any atom is 0.320 e. The van der Waals surface area contributed by atoms with E-state index >= 15 is 0 Å². The lowest BCUT2D eigenvalue weighted by molar-refractivity contribution is 0.138. The molecule has 4 nitrogen and oxygen atoms in total. The normalized spacial score (nSPS) is 17.3. The van der Waals surface area contributed by atoms with Crippen molar-refractivity contribution >= 4 is 22.0 Å². The summed E-state index contributed by atoms with van der Waals surface area (Å²) in [7, 11) is 1.83. The molecule has 1 aliphatic rings. The number of furan rings is 1. The van der Waals surface area contributed by atoms with Gasteiger partial charge in [-0.05, 0) is 28.4 Å². The van der Waals surface area contributed by atoms with Crippen LogP contribution in [-0.2, 0) is 6.54 Å². The lowest BCUT2D eigenvalue weighted by atomic mass is 10.2. The van der Waals surface area contributed by atoms with E-state index in [1.54, 1.807) is 11.2 Å². The largest absolute Gasteiger partial charge is 0.457 e. The highest BCUT2D eigenvalue weighted by atomic mass is 79.9. The quantitative estimate of drug-likeness (QED) is 0.829. The molecule has 2 amide bonds. The van der Waals surface area contributed by atoms with Crippen LogP contribution in [0.4, 0.5) is 4.79 Å². The van der Waals surface area contributed by atoms with E-state index < -0.39 is 0 Å². The Morgan fingerprint density at radius 2 is 2.33 bits per heavy atom. The van der Waals surface area contributed by atoms with Crippen molar-refractivity contribution in [1.82, 2.24) is 9.80 Å². The van der Waals surface area contributed by atoms with Gasteiger partial charge in [0.05, 0.1) is 12.8 Å². The average molecular weight is 273 g/mol. The molecule has 0 aromatic carbocycles. The van der Waals surface area contributed by atoms with Gasteiger partial charge in [-0.15, -0.1) is 0 Å². The molecule has 0 saturated carbocycles. The van der Waals surface area contributed by atoms with Crippen molar-refractivity contribution in [2.75, 3.05) is 20.1 Å². The third-order valence-corrected chi connectivity index (χ3v) is 2.93. The average Bonchev–Trinajstić information content (AvgIpc) is 2.59. The topological polar surface area (TPSA) is 36.7 Å². The second-order valence-corrected chi connectivity index (χ2v) is 4.52. The van der Waals surface area contributed by atoms with Crippen molar-refractivity contribution in [3.8, 4) is 0 Å². The predicted octanol–water partition coefficient (Wildman–Crippen LogP) is 2.30. The zero-order valence-corrected chi connectivity index (χ0v) is 10.2. The van der Waals surface area contributed by atoms with Gasteiger partial charge < -0.3 is 14.2 Å². The minimum absolute atomic E-state index is 0.0959. The van der Waals surface area contributed by atoms with Crippen LogP contribution in [0.3, 0.4) is 0 Å². The van der Waals surface area contributed by atoms with Crippen LogP contribution in [0.5, 0.6) is 0 Å². The second kappa shape index (κ2) is 4.26. The number of amides is 2. The molecule has 0 unspecified atom stereocenters. The third-order valence-electron chi connectivity index (χ3n) is 2.51. The van der Waals surface area contributed by atoms with Crippen molar-refractivity contribution < 1.29 is 9.21 Å². The van der Waals surface area contributed by atoms with Crippen LogP contribution in [0.25, 0.3) is 0 Å². The molecule has 1 aromatic rings. The van der Waals surface area contributed by atoms with Gasteiger partial charge in [-0.25, -0.2) is 4.79 Å². The molecule has 82 valence electrons. The predicted molar refractivity (Wildman–Crippen MR) is 59.5 cm³/mol. The van der Waals surface area contributed by atoms with Crippen LogP contribution >= 0.6 is 15.9 Å². The molecule has 0 radical (unpaired) electrons. The number of carbonyl (C=O) groups is 1. The standard InChI is InChI=1S/C10H13BrN2O2/c1-12-3-2-4-13(10(12)14)6-8-5-9(11)15-7-8/h5,7H,2-4,6H2,1H3. The van der Waals surface area contributed by atoms with Gasteiger partial charge in [0, 0.05) is 25.7 Å². The van der Waals surface area contributed by atoms with Gasteiger partial charge in [-0.2, -0.15) is 0 Å². The lowest BCUT2D eigenvalue weighted by Crippen LogP contribution is -2.46. The first-order valence-electron chi connectivity index (χ1n) is 4.90. The fourth-order valence-corrected chi connectivity index (χ4v) is 2.11. The van der Waals surface area contributed by atoms with Gasteiger partial charge >= 0.3 is 6.03 Å². The minimum atomic E-state index is 0.0959. The van der Waals surface area contributed by atoms with Gasteiger partial charge in [0.2, 0.25) is 0 Å². The van der Waals surface area contributed by atoms with Gasteiger partial charge in [-0.1, -0.05) is 0 Å². The Morgan fingerprint density at radius 3 is 3.00 bits per heavy atom. The Morgan fingerprint density at radius 1 is 1.53 bits per heavy atom. The highest BCUT2D eigenvalue weighted by molar-refractivity contribution is 9.10. The summed E-state index contributed by atoms with van der Waals surface area (Å²) in [6.45, 7) is 2.30. The Labute approximate surface area is 97.0 Å². The van der Waals surface area contributed by atoms with Crippen molar-refractivity contribution in [2.24, 2.45) is 0 Å². The third kappa shape index (κ3) is 2.34. The molecule has 1 saturated heterocycles. The summed E-state index contributed by atoms with van der Waals surface area (Å²) >= 11 is 3.24. The van der Waals surface area contributed by atoms with Gasteiger partial charge in [0.15, 0.2) is 4.67 Å². The maximum absolute atomic E-state index is 11.7. The highest BCUT2D eigenvalue weighted by Crippen LogP contribution is 2.17. The molecule has 0 atom stereocenters. The second-order valence-electron chi connectivity index (χ2n) is 3.74. The van der Waals surface area contributed by atoms with E-state index in [0.29, 0.717) is 11.2 Å². The number of urea groups is 1. The lowest BCUT2D eigenvalue weighted by Gasteiger charge is -2.32. The number of halogens is 1.